The van der Waals surface area contributed by atoms with Gasteiger partial charge in [-0.2, -0.15) is 5.26 Å². The van der Waals surface area contributed by atoms with Gasteiger partial charge in [0.05, 0.1) is 33.1 Å². The maximum atomic E-state index is 11.6. The largest absolute Gasteiger partial charge is 0.469 e. The number of carbonyl (C=O) groups excluding carboxylic acids is 2. The number of carbonyl (C=O) groups is 2. The number of rotatable bonds is 5. The van der Waals surface area contributed by atoms with Crippen LogP contribution in [-0.2, 0) is 25.5 Å². The molecule has 0 bridgehead atoms. The van der Waals surface area contributed by atoms with Gasteiger partial charge >= 0.3 is 11.9 Å². The number of nitriles is 1. The molecule has 0 radical (unpaired) electrons. The standard InChI is InChI=1S/C15H15NO4/c1-19-14(17)10-13(15(18)20-2)9-12-5-3-11(4-6-12)7-8-16/h3-6,9H,7,10H2,1-2H3/b13-9+. The molecule has 0 saturated carbocycles. The zero-order valence-electron chi connectivity index (χ0n) is 11.4. The number of hydrogen-bond acceptors (Lipinski definition) is 5. The monoisotopic (exact) mass is 273 g/mol. The average molecular weight is 273 g/mol. The summed E-state index contributed by atoms with van der Waals surface area (Å²) in [5, 5.41) is 8.59. The molecule has 0 N–H and O–H groups in total. The molecule has 0 atom stereocenters. The van der Waals surface area contributed by atoms with Crippen LogP contribution in [0.3, 0.4) is 0 Å². The Morgan fingerprint density at radius 3 is 2.35 bits per heavy atom. The van der Waals surface area contributed by atoms with Crippen molar-refractivity contribution in [2.45, 2.75) is 12.8 Å². The first-order chi connectivity index (χ1) is 9.60. The lowest BCUT2D eigenvalue weighted by Gasteiger charge is -2.05. The first-order valence-corrected chi connectivity index (χ1v) is 5.92. The molecule has 0 aromatic heterocycles. The van der Waals surface area contributed by atoms with Crippen molar-refractivity contribution >= 4 is 18.0 Å². The summed E-state index contributed by atoms with van der Waals surface area (Å²) in [6.45, 7) is 0. The average Bonchev–Trinajstić information content (AvgIpc) is 2.47. The molecular formula is C15H15NO4. The third-order valence-electron chi connectivity index (χ3n) is 2.61. The second-order valence-corrected chi connectivity index (χ2v) is 3.99. The molecule has 0 saturated heterocycles. The lowest BCUT2D eigenvalue weighted by atomic mass is 10.1. The van der Waals surface area contributed by atoms with Gasteiger partial charge in [0.15, 0.2) is 0 Å². The molecular weight excluding hydrogens is 258 g/mol. The molecule has 0 spiro atoms. The molecule has 0 aliphatic carbocycles. The molecule has 5 heteroatoms. The van der Waals surface area contributed by atoms with Crippen LogP contribution in [0.25, 0.3) is 6.08 Å². The first kappa shape index (κ1) is 15.4. The van der Waals surface area contributed by atoms with Gasteiger partial charge in [-0.15, -0.1) is 0 Å². The van der Waals surface area contributed by atoms with Gasteiger partial charge in [0.2, 0.25) is 0 Å². The van der Waals surface area contributed by atoms with E-state index < -0.39 is 11.9 Å². The Balaban J connectivity index is 2.97. The second-order valence-electron chi connectivity index (χ2n) is 3.99. The van der Waals surface area contributed by atoms with Crippen LogP contribution in [0.2, 0.25) is 0 Å². The number of ether oxygens (including phenoxy) is 2. The van der Waals surface area contributed by atoms with E-state index in [0.29, 0.717) is 6.42 Å². The fraction of sp³-hybridized carbons (Fsp3) is 0.267. The predicted octanol–water partition coefficient (Wildman–Crippen LogP) is 1.87. The van der Waals surface area contributed by atoms with E-state index in [4.69, 9.17) is 5.26 Å². The minimum atomic E-state index is -0.573. The van der Waals surface area contributed by atoms with Gasteiger partial charge in [-0.25, -0.2) is 4.79 Å². The van der Waals surface area contributed by atoms with Crippen molar-refractivity contribution in [3.63, 3.8) is 0 Å². The smallest absolute Gasteiger partial charge is 0.334 e. The summed E-state index contributed by atoms with van der Waals surface area (Å²) in [5.74, 6) is -1.08. The number of hydrogen-bond donors (Lipinski definition) is 0. The maximum Gasteiger partial charge on any atom is 0.334 e. The first-order valence-electron chi connectivity index (χ1n) is 5.92. The summed E-state index contributed by atoms with van der Waals surface area (Å²) in [5.41, 5.74) is 1.85. The molecule has 0 fully saturated rings. The molecule has 1 rings (SSSR count). The highest BCUT2D eigenvalue weighted by atomic mass is 16.5. The molecule has 0 aliphatic rings. The Hall–Kier alpha value is -2.61. The van der Waals surface area contributed by atoms with E-state index in [2.05, 4.69) is 15.5 Å². The minimum absolute atomic E-state index is 0.150. The molecule has 0 heterocycles. The normalized spacial score (nSPS) is 10.6. The molecule has 0 amide bonds. The van der Waals surface area contributed by atoms with Crippen LogP contribution in [0.15, 0.2) is 29.8 Å². The summed E-state index contributed by atoms with van der Waals surface area (Å²) in [6.07, 6.45) is 1.75. The summed E-state index contributed by atoms with van der Waals surface area (Å²) < 4.78 is 9.17. The molecule has 0 aliphatic heterocycles. The molecule has 0 unspecified atom stereocenters. The van der Waals surface area contributed by atoms with Crippen molar-refractivity contribution in [2.75, 3.05) is 14.2 Å². The van der Waals surface area contributed by atoms with Gasteiger partial charge in [-0.1, -0.05) is 24.3 Å². The third-order valence-corrected chi connectivity index (χ3v) is 2.61. The van der Waals surface area contributed by atoms with Crippen LogP contribution in [0.5, 0.6) is 0 Å². The quantitative estimate of drug-likeness (QED) is 0.604. The van der Waals surface area contributed by atoms with Gasteiger partial charge in [0, 0.05) is 5.57 Å². The number of benzene rings is 1. The van der Waals surface area contributed by atoms with Crippen LogP contribution in [0.1, 0.15) is 17.5 Å². The Morgan fingerprint density at radius 2 is 1.85 bits per heavy atom. The fourth-order valence-corrected chi connectivity index (χ4v) is 1.57. The van der Waals surface area contributed by atoms with Gasteiger partial charge < -0.3 is 9.47 Å². The van der Waals surface area contributed by atoms with E-state index in [1.807, 2.05) is 0 Å². The third kappa shape index (κ3) is 4.58. The summed E-state index contributed by atoms with van der Waals surface area (Å²) in [7, 11) is 2.51. The van der Waals surface area contributed by atoms with Crippen LogP contribution in [0.4, 0.5) is 0 Å². The number of nitrogens with zero attached hydrogens (tertiary/aromatic N) is 1. The fourth-order valence-electron chi connectivity index (χ4n) is 1.57. The second kappa shape index (κ2) is 7.74. The predicted molar refractivity (Wildman–Crippen MR) is 72.4 cm³/mol. The highest BCUT2D eigenvalue weighted by Gasteiger charge is 2.14. The molecule has 20 heavy (non-hydrogen) atoms. The highest BCUT2D eigenvalue weighted by molar-refractivity contribution is 5.98. The number of esters is 2. The Labute approximate surface area is 117 Å². The van der Waals surface area contributed by atoms with Crippen LogP contribution in [-0.4, -0.2) is 26.2 Å². The molecule has 104 valence electrons. The van der Waals surface area contributed by atoms with Crippen LogP contribution in [0, 0.1) is 11.3 Å². The SMILES string of the molecule is COC(=O)C/C(=C\c1ccc(CC#N)cc1)C(=O)OC. The van der Waals surface area contributed by atoms with Gasteiger partial charge in [-0.3, -0.25) is 4.79 Å². The van der Waals surface area contributed by atoms with Gasteiger partial charge in [0.1, 0.15) is 0 Å². The van der Waals surface area contributed by atoms with Crippen molar-refractivity contribution in [3.05, 3.63) is 41.0 Å². The van der Waals surface area contributed by atoms with Crippen LogP contribution >= 0.6 is 0 Å². The van der Waals surface area contributed by atoms with E-state index in [9.17, 15) is 9.59 Å². The van der Waals surface area contributed by atoms with Crippen molar-refractivity contribution in [1.82, 2.24) is 0 Å². The topological polar surface area (TPSA) is 76.4 Å². The van der Waals surface area contributed by atoms with Gasteiger partial charge in [-0.05, 0) is 17.2 Å². The van der Waals surface area contributed by atoms with E-state index in [0.717, 1.165) is 11.1 Å². The summed E-state index contributed by atoms with van der Waals surface area (Å²) in [6, 6.07) is 9.18. The molecule has 1 aromatic rings. The molecule has 5 nitrogen and oxygen atoms in total. The van der Waals surface area contributed by atoms with Crippen molar-refractivity contribution in [1.29, 1.82) is 5.26 Å². The van der Waals surface area contributed by atoms with E-state index in [-0.39, 0.29) is 12.0 Å². The van der Waals surface area contributed by atoms with Crippen molar-refractivity contribution < 1.29 is 19.1 Å². The number of methoxy groups -OCH3 is 2. The zero-order valence-corrected chi connectivity index (χ0v) is 11.4. The zero-order chi connectivity index (χ0) is 15.0. The minimum Gasteiger partial charge on any atom is -0.469 e. The van der Waals surface area contributed by atoms with E-state index in [1.165, 1.54) is 14.2 Å². The Kier molecular flexibility index (Phi) is 5.98. The Bertz CT molecular complexity index is 552. The molecule has 1 aromatic carbocycles. The maximum absolute atomic E-state index is 11.6. The van der Waals surface area contributed by atoms with Crippen LogP contribution < -0.4 is 0 Å². The highest BCUT2D eigenvalue weighted by Crippen LogP contribution is 2.13. The summed E-state index contributed by atoms with van der Waals surface area (Å²) >= 11 is 0. The van der Waals surface area contributed by atoms with Crippen molar-refractivity contribution in [2.24, 2.45) is 0 Å². The van der Waals surface area contributed by atoms with Gasteiger partial charge in [0.25, 0.3) is 0 Å². The Morgan fingerprint density at radius 1 is 1.20 bits per heavy atom. The lowest BCUT2D eigenvalue weighted by Crippen LogP contribution is -2.10. The summed E-state index contributed by atoms with van der Waals surface area (Å²) in [4.78, 5) is 22.9. The van der Waals surface area contributed by atoms with E-state index >= 15 is 0 Å². The lowest BCUT2D eigenvalue weighted by molar-refractivity contribution is -0.143. The van der Waals surface area contributed by atoms with Crippen molar-refractivity contribution in [3.8, 4) is 6.07 Å². The van der Waals surface area contributed by atoms with E-state index in [1.54, 1.807) is 30.3 Å².